The van der Waals surface area contributed by atoms with Crippen LogP contribution < -0.4 is 0 Å². The highest BCUT2D eigenvalue weighted by atomic mass is 16.4. The Kier molecular flexibility index (Phi) is 0.783. The van der Waals surface area contributed by atoms with Gasteiger partial charge in [0.15, 0.2) is 0 Å². The third kappa shape index (κ3) is 0.708. The molecule has 1 N–H and O–H groups in total. The molecule has 34 valence electrons. The third-order valence-electron chi connectivity index (χ3n) is 0.899. The number of oxime groups is 1. The molecule has 2 nitrogen and oxygen atoms in total. The van der Waals surface area contributed by atoms with Crippen LogP contribution in [-0.2, 0) is 0 Å². The zero-order valence-electron chi connectivity index (χ0n) is 3.46. The highest BCUT2D eigenvalue weighted by Gasteiger charge is 2.18. The Morgan fingerprint density at radius 1 is 1.67 bits per heavy atom. The minimum atomic E-state index is 0.606. The molecule has 2 heteroatoms. The summed E-state index contributed by atoms with van der Waals surface area (Å²) in [6.45, 7) is 0. The molecule has 6 heavy (non-hydrogen) atoms. The zero-order valence-corrected chi connectivity index (χ0v) is 3.46. The van der Waals surface area contributed by atoms with Crippen molar-refractivity contribution in [3.8, 4) is 0 Å². The van der Waals surface area contributed by atoms with Crippen molar-refractivity contribution in [1.82, 2.24) is 0 Å². The minimum absolute atomic E-state index is 0.606. The highest BCUT2D eigenvalue weighted by Crippen LogP contribution is 2.25. The molecule has 0 radical (unpaired) electrons. The fraction of sp³-hybridized carbons (Fsp3) is 0.750. The summed E-state index contributed by atoms with van der Waals surface area (Å²) in [5.74, 6) is 0.606. The topological polar surface area (TPSA) is 32.6 Å². The minimum Gasteiger partial charge on any atom is -0.411 e. The lowest BCUT2D eigenvalue weighted by molar-refractivity contribution is 0.320. The first-order valence-corrected chi connectivity index (χ1v) is 2.11. The second-order valence-corrected chi connectivity index (χ2v) is 1.60. The van der Waals surface area contributed by atoms with Crippen LogP contribution in [0, 0.1) is 5.92 Å². The molecule has 0 bridgehead atoms. The predicted octanol–water partition coefficient (Wildman–Crippen LogP) is 0.856. The molecule has 0 aromatic heterocycles. The molecule has 0 aromatic rings. The second-order valence-electron chi connectivity index (χ2n) is 1.60. The molecule has 0 amide bonds. The normalized spacial score (nSPS) is 22.7. The van der Waals surface area contributed by atoms with E-state index in [1.807, 2.05) is 0 Å². The SMILES string of the molecule is O/N=C/C1CC1. The van der Waals surface area contributed by atoms with Crippen molar-refractivity contribution in [2.45, 2.75) is 12.8 Å². The monoisotopic (exact) mass is 85.1 g/mol. The molecule has 1 saturated carbocycles. The zero-order chi connectivity index (χ0) is 4.41. The Morgan fingerprint density at radius 2 is 2.33 bits per heavy atom. The van der Waals surface area contributed by atoms with E-state index in [9.17, 15) is 0 Å². The van der Waals surface area contributed by atoms with Crippen LogP contribution in [0.3, 0.4) is 0 Å². The van der Waals surface area contributed by atoms with Crippen molar-refractivity contribution >= 4 is 6.21 Å². The number of hydrogen-bond acceptors (Lipinski definition) is 2. The summed E-state index contributed by atoms with van der Waals surface area (Å²) in [5, 5.41) is 10.7. The van der Waals surface area contributed by atoms with Gasteiger partial charge in [0.05, 0.1) is 0 Å². The lowest BCUT2D eigenvalue weighted by Gasteiger charge is -1.68. The summed E-state index contributed by atoms with van der Waals surface area (Å²) in [5.41, 5.74) is 0. The van der Waals surface area contributed by atoms with E-state index in [1.54, 1.807) is 6.21 Å². The van der Waals surface area contributed by atoms with Gasteiger partial charge in [0.25, 0.3) is 0 Å². The first-order chi connectivity index (χ1) is 2.93. The molecule has 0 aliphatic heterocycles. The van der Waals surface area contributed by atoms with Gasteiger partial charge in [0.1, 0.15) is 0 Å². The molecule has 1 aliphatic carbocycles. The summed E-state index contributed by atoms with van der Waals surface area (Å²) in [4.78, 5) is 0. The molecule has 0 spiro atoms. The van der Waals surface area contributed by atoms with E-state index >= 15 is 0 Å². The smallest absolute Gasteiger partial charge is 0.0466 e. The van der Waals surface area contributed by atoms with E-state index in [0.29, 0.717) is 5.92 Å². The molecule has 1 rings (SSSR count). The molecule has 0 aromatic carbocycles. The van der Waals surface area contributed by atoms with Crippen molar-refractivity contribution in [2.24, 2.45) is 11.1 Å². The molecule has 0 atom stereocenters. The number of rotatable bonds is 1. The van der Waals surface area contributed by atoms with Crippen molar-refractivity contribution in [1.29, 1.82) is 0 Å². The van der Waals surface area contributed by atoms with Gasteiger partial charge in [0.2, 0.25) is 0 Å². The van der Waals surface area contributed by atoms with Gasteiger partial charge in [-0.1, -0.05) is 0 Å². The van der Waals surface area contributed by atoms with Gasteiger partial charge in [-0.2, -0.15) is 0 Å². The number of hydrogen-bond donors (Lipinski definition) is 1. The summed E-state index contributed by atoms with van der Waals surface area (Å²) in [6, 6.07) is 0. The Hall–Kier alpha value is -0.530. The van der Waals surface area contributed by atoms with E-state index in [1.165, 1.54) is 12.8 Å². The first kappa shape index (κ1) is 3.65. The van der Waals surface area contributed by atoms with Crippen molar-refractivity contribution in [3.63, 3.8) is 0 Å². The quantitative estimate of drug-likeness (QED) is 0.286. The van der Waals surface area contributed by atoms with E-state index in [4.69, 9.17) is 5.21 Å². The Balaban J connectivity index is 2.15. The van der Waals surface area contributed by atoms with E-state index in [-0.39, 0.29) is 0 Å². The average Bonchev–Trinajstić information content (AvgIpc) is 2.21. The standard InChI is InChI=1S/C4H7NO/c6-5-3-4-1-2-4/h3-4,6H,1-2H2/b5-3+. The lowest BCUT2D eigenvalue weighted by atomic mass is 10.5. The largest absolute Gasteiger partial charge is 0.411 e. The summed E-state index contributed by atoms with van der Waals surface area (Å²) < 4.78 is 0. The van der Waals surface area contributed by atoms with Crippen LogP contribution in [0.5, 0.6) is 0 Å². The van der Waals surface area contributed by atoms with Crippen molar-refractivity contribution in [2.75, 3.05) is 0 Å². The maximum Gasteiger partial charge on any atom is 0.0466 e. The van der Waals surface area contributed by atoms with Gasteiger partial charge in [-0.15, -0.1) is 5.16 Å². The Bertz CT molecular complexity index is 65.9. The van der Waals surface area contributed by atoms with Crippen LogP contribution in [0.2, 0.25) is 0 Å². The fourth-order valence-electron chi connectivity index (χ4n) is 0.340. The third-order valence-corrected chi connectivity index (χ3v) is 0.899. The Morgan fingerprint density at radius 3 is 2.50 bits per heavy atom. The summed E-state index contributed by atoms with van der Waals surface area (Å²) in [6.07, 6.45) is 4.01. The highest BCUT2D eigenvalue weighted by molar-refractivity contribution is 5.62. The molecule has 1 aliphatic rings. The van der Waals surface area contributed by atoms with E-state index < -0.39 is 0 Å². The van der Waals surface area contributed by atoms with E-state index in [2.05, 4.69) is 5.16 Å². The van der Waals surface area contributed by atoms with Crippen LogP contribution in [0.15, 0.2) is 5.16 Å². The molecule has 1 fully saturated rings. The van der Waals surface area contributed by atoms with Crippen molar-refractivity contribution < 1.29 is 5.21 Å². The van der Waals surface area contributed by atoms with Crippen LogP contribution in [0.4, 0.5) is 0 Å². The lowest BCUT2D eigenvalue weighted by Crippen LogP contribution is -1.70. The molecule has 0 saturated heterocycles. The van der Waals surface area contributed by atoms with Gasteiger partial charge in [-0.3, -0.25) is 0 Å². The van der Waals surface area contributed by atoms with Crippen LogP contribution in [0.1, 0.15) is 12.8 Å². The van der Waals surface area contributed by atoms with Gasteiger partial charge >= 0.3 is 0 Å². The molecule has 0 unspecified atom stereocenters. The van der Waals surface area contributed by atoms with Crippen LogP contribution >= 0.6 is 0 Å². The molecular weight excluding hydrogens is 78.0 g/mol. The number of nitrogens with zero attached hydrogens (tertiary/aromatic N) is 1. The fourth-order valence-corrected chi connectivity index (χ4v) is 0.340. The summed E-state index contributed by atoms with van der Waals surface area (Å²) >= 11 is 0. The van der Waals surface area contributed by atoms with Crippen LogP contribution in [0.25, 0.3) is 0 Å². The van der Waals surface area contributed by atoms with Crippen molar-refractivity contribution in [3.05, 3.63) is 0 Å². The molecule has 0 heterocycles. The summed E-state index contributed by atoms with van der Waals surface area (Å²) in [7, 11) is 0. The molecular formula is C4H7NO. The van der Waals surface area contributed by atoms with Gasteiger partial charge in [-0.25, -0.2) is 0 Å². The predicted molar refractivity (Wildman–Crippen MR) is 23.0 cm³/mol. The van der Waals surface area contributed by atoms with E-state index in [0.717, 1.165) is 0 Å². The van der Waals surface area contributed by atoms with Gasteiger partial charge in [-0.05, 0) is 18.8 Å². The Labute approximate surface area is 36.5 Å². The van der Waals surface area contributed by atoms with Crippen LogP contribution in [-0.4, -0.2) is 11.4 Å². The second kappa shape index (κ2) is 1.29. The maximum atomic E-state index is 7.85. The van der Waals surface area contributed by atoms with Gasteiger partial charge in [0, 0.05) is 6.21 Å². The van der Waals surface area contributed by atoms with Gasteiger partial charge < -0.3 is 5.21 Å². The maximum absolute atomic E-state index is 7.85. The average molecular weight is 85.1 g/mol. The first-order valence-electron chi connectivity index (χ1n) is 2.11.